The molecule has 17 heavy (non-hydrogen) atoms. The van der Waals surface area contributed by atoms with Crippen LogP contribution in [0.1, 0.15) is 19.4 Å². The highest BCUT2D eigenvalue weighted by molar-refractivity contribution is 5.83. The van der Waals surface area contributed by atoms with Crippen molar-refractivity contribution < 1.29 is 19.5 Å². The smallest absolute Gasteiger partial charge is 0.344 e. The van der Waals surface area contributed by atoms with Crippen LogP contribution in [0.5, 0.6) is 5.75 Å². The molecule has 1 aromatic rings. The molecule has 5 heteroatoms. The molecule has 0 unspecified atom stereocenters. The number of para-hydroxylation sites is 1. The Bertz CT molecular complexity index is 401. The quantitative estimate of drug-likeness (QED) is 0.606. The number of oxime groups is 1. The van der Waals surface area contributed by atoms with Crippen LogP contribution >= 0.6 is 0 Å². The number of carbonyl (C=O) groups is 1. The van der Waals surface area contributed by atoms with Crippen LogP contribution in [0.25, 0.3) is 0 Å². The average molecular weight is 237 g/mol. The van der Waals surface area contributed by atoms with Crippen molar-refractivity contribution in [1.82, 2.24) is 0 Å². The number of hydrogen-bond donors (Lipinski definition) is 1. The highest BCUT2D eigenvalue weighted by atomic mass is 16.6. The third-order valence-corrected chi connectivity index (χ3v) is 1.74. The van der Waals surface area contributed by atoms with E-state index in [9.17, 15) is 4.79 Å². The van der Waals surface area contributed by atoms with E-state index in [1.54, 1.807) is 0 Å². The molecule has 0 radical (unpaired) electrons. The van der Waals surface area contributed by atoms with Crippen molar-refractivity contribution in [3.63, 3.8) is 0 Å². The molecule has 0 heterocycles. The summed E-state index contributed by atoms with van der Waals surface area (Å²) in [6.45, 7) is 3.40. The topological polar surface area (TPSA) is 68.1 Å². The van der Waals surface area contributed by atoms with Crippen molar-refractivity contribution in [2.75, 3.05) is 6.61 Å². The SMILES string of the molecule is CC(C)Oc1ccccc1C=NOCC(=O)O. The van der Waals surface area contributed by atoms with E-state index < -0.39 is 12.6 Å². The van der Waals surface area contributed by atoms with Crippen molar-refractivity contribution in [2.45, 2.75) is 20.0 Å². The number of carboxylic acid groups (broad SMARTS) is 1. The van der Waals surface area contributed by atoms with Crippen molar-refractivity contribution in [3.8, 4) is 5.75 Å². The third-order valence-electron chi connectivity index (χ3n) is 1.74. The molecule has 0 bridgehead atoms. The molecule has 1 N–H and O–H groups in total. The molecule has 0 aliphatic carbocycles. The molecule has 0 aromatic heterocycles. The van der Waals surface area contributed by atoms with Gasteiger partial charge in [0.25, 0.3) is 0 Å². The van der Waals surface area contributed by atoms with E-state index in [0.717, 1.165) is 5.56 Å². The summed E-state index contributed by atoms with van der Waals surface area (Å²) in [6, 6.07) is 7.32. The van der Waals surface area contributed by atoms with Gasteiger partial charge >= 0.3 is 5.97 Å². The van der Waals surface area contributed by atoms with Gasteiger partial charge < -0.3 is 14.7 Å². The van der Waals surface area contributed by atoms with Crippen LogP contribution < -0.4 is 4.74 Å². The lowest BCUT2D eigenvalue weighted by molar-refractivity contribution is -0.142. The van der Waals surface area contributed by atoms with Crippen molar-refractivity contribution in [2.24, 2.45) is 5.16 Å². The minimum atomic E-state index is -1.06. The van der Waals surface area contributed by atoms with Crippen LogP contribution in [0.2, 0.25) is 0 Å². The number of hydrogen-bond acceptors (Lipinski definition) is 4. The molecule has 0 aliphatic heterocycles. The lowest BCUT2D eigenvalue weighted by atomic mass is 10.2. The predicted molar refractivity (Wildman–Crippen MR) is 63.4 cm³/mol. The zero-order chi connectivity index (χ0) is 12.7. The van der Waals surface area contributed by atoms with Gasteiger partial charge in [0.05, 0.1) is 12.3 Å². The second-order valence-electron chi connectivity index (χ2n) is 3.61. The highest BCUT2D eigenvalue weighted by Gasteiger charge is 2.02. The summed E-state index contributed by atoms with van der Waals surface area (Å²) in [4.78, 5) is 14.8. The van der Waals surface area contributed by atoms with Gasteiger partial charge in [-0.1, -0.05) is 17.3 Å². The Labute approximate surface area is 99.7 Å². The standard InChI is InChI=1S/C12H15NO4/c1-9(2)17-11-6-4-3-5-10(11)7-13-16-8-12(14)15/h3-7,9H,8H2,1-2H3,(H,14,15). The summed E-state index contributed by atoms with van der Waals surface area (Å²) in [5, 5.41) is 11.9. The normalized spacial score (nSPS) is 10.8. The van der Waals surface area contributed by atoms with Crippen molar-refractivity contribution in [3.05, 3.63) is 29.8 Å². The Balaban J connectivity index is 2.66. The fraction of sp³-hybridized carbons (Fsp3) is 0.333. The third kappa shape index (κ3) is 5.01. The fourth-order valence-corrected chi connectivity index (χ4v) is 1.13. The largest absolute Gasteiger partial charge is 0.490 e. The first-order valence-electron chi connectivity index (χ1n) is 5.22. The molecule has 0 amide bonds. The van der Waals surface area contributed by atoms with E-state index in [1.807, 2.05) is 38.1 Å². The minimum Gasteiger partial charge on any atom is -0.490 e. The van der Waals surface area contributed by atoms with E-state index in [4.69, 9.17) is 9.84 Å². The first-order valence-corrected chi connectivity index (χ1v) is 5.22. The lowest BCUT2D eigenvalue weighted by Crippen LogP contribution is -2.07. The summed E-state index contributed by atoms with van der Waals surface area (Å²) >= 11 is 0. The van der Waals surface area contributed by atoms with Gasteiger partial charge in [0.15, 0.2) is 0 Å². The molecular weight excluding hydrogens is 222 g/mol. The van der Waals surface area contributed by atoms with Crippen LogP contribution in [0, 0.1) is 0 Å². The van der Waals surface area contributed by atoms with Crippen LogP contribution in [0.4, 0.5) is 0 Å². The van der Waals surface area contributed by atoms with Crippen LogP contribution in [-0.2, 0) is 9.63 Å². The molecule has 0 aliphatic rings. The number of aliphatic carboxylic acids is 1. The Hall–Kier alpha value is -2.04. The first-order chi connectivity index (χ1) is 8.09. The number of benzene rings is 1. The van der Waals surface area contributed by atoms with Gasteiger partial charge in [-0.3, -0.25) is 0 Å². The zero-order valence-corrected chi connectivity index (χ0v) is 9.79. The molecule has 0 spiro atoms. The molecular formula is C12H15NO4. The lowest BCUT2D eigenvalue weighted by Gasteiger charge is -2.11. The van der Waals surface area contributed by atoms with E-state index in [-0.39, 0.29) is 6.10 Å². The van der Waals surface area contributed by atoms with Crippen molar-refractivity contribution in [1.29, 1.82) is 0 Å². The second kappa shape index (κ2) is 6.52. The summed E-state index contributed by atoms with van der Waals surface area (Å²) in [7, 11) is 0. The van der Waals surface area contributed by atoms with Crippen LogP contribution in [-0.4, -0.2) is 30.0 Å². The van der Waals surface area contributed by atoms with Crippen molar-refractivity contribution >= 4 is 12.2 Å². The molecule has 5 nitrogen and oxygen atoms in total. The summed E-state index contributed by atoms with van der Waals surface area (Å²) in [5.41, 5.74) is 0.742. The van der Waals surface area contributed by atoms with Gasteiger partial charge in [0.2, 0.25) is 6.61 Å². The van der Waals surface area contributed by atoms with Gasteiger partial charge in [-0.25, -0.2) is 4.79 Å². The number of rotatable bonds is 6. The van der Waals surface area contributed by atoms with Gasteiger partial charge in [0.1, 0.15) is 5.75 Å². The van der Waals surface area contributed by atoms with Gasteiger partial charge in [-0.15, -0.1) is 0 Å². The Morgan fingerprint density at radius 2 is 2.18 bits per heavy atom. The number of ether oxygens (including phenoxy) is 1. The molecule has 1 rings (SSSR count). The summed E-state index contributed by atoms with van der Waals surface area (Å²) in [5.74, 6) is -0.376. The Kier molecular flexibility index (Phi) is 5.00. The highest BCUT2D eigenvalue weighted by Crippen LogP contribution is 2.17. The van der Waals surface area contributed by atoms with Crippen LogP contribution in [0.15, 0.2) is 29.4 Å². The molecule has 0 saturated heterocycles. The molecule has 0 saturated carbocycles. The maximum Gasteiger partial charge on any atom is 0.344 e. The number of carboxylic acids is 1. The molecule has 1 aromatic carbocycles. The first kappa shape index (κ1) is 13.0. The Morgan fingerprint density at radius 3 is 2.82 bits per heavy atom. The molecule has 92 valence electrons. The van der Waals surface area contributed by atoms with Crippen LogP contribution in [0.3, 0.4) is 0 Å². The van der Waals surface area contributed by atoms with E-state index in [1.165, 1.54) is 6.21 Å². The summed E-state index contributed by atoms with van der Waals surface area (Å²) in [6.07, 6.45) is 1.49. The minimum absolute atomic E-state index is 0.0597. The van der Waals surface area contributed by atoms with E-state index in [0.29, 0.717) is 5.75 Å². The van der Waals surface area contributed by atoms with Gasteiger partial charge in [0, 0.05) is 5.56 Å². The second-order valence-corrected chi connectivity index (χ2v) is 3.61. The number of nitrogens with zero attached hydrogens (tertiary/aromatic N) is 1. The summed E-state index contributed by atoms with van der Waals surface area (Å²) < 4.78 is 5.56. The average Bonchev–Trinajstić information content (AvgIpc) is 2.25. The van der Waals surface area contributed by atoms with Gasteiger partial charge in [-0.05, 0) is 26.0 Å². The molecule has 0 fully saturated rings. The monoisotopic (exact) mass is 237 g/mol. The Morgan fingerprint density at radius 1 is 1.47 bits per heavy atom. The van der Waals surface area contributed by atoms with E-state index in [2.05, 4.69) is 9.99 Å². The zero-order valence-electron chi connectivity index (χ0n) is 9.79. The molecule has 0 atom stereocenters. The van der Waals surface area contributed by atoms with E-state index >= 15 is 0 Å². The maximum atomic E-state index is 10.2. The van der Waals surface area contributed by atoms with Gasteiger partial charge in [-0.2, -0.15) is 0 Å². The predicted octanol–water partition coefficient (Wildman–Crippen LogP) is 1.91. The maximum absolute atomic E-state index is 10.2. The fourth-order valence-electron chi connectivity index (χ4n) is 1.13.